The van der Waals surface area contributed by atoms with Crippen molar-refractivity contribution in [2.75, 3.05) is 12.4 Å². The first-order valence-corrected chi connectivity index (χ1v) is 6.75. The first-order chi connectivity index (χ1) is 9.19. The molecule has 1 amide bonds. The second-order valence-electron chi connectivity index (χ2n) is 3.83. The highest BCUT2D eigenvalue weighted by Gasteiger charge is 2.10. The Labute approximate surface area is 114 Å². The van der Waals surface area contributed by atoms with Crippen LogP contribution < -0.4 is 10.6 Å². The lowest BCUT2D eigenvalue weighted by Gasteiger charge is -2.10. The molecule has 2 N–H and O–H groups in total. The van der Waals surface area contributed by atoms with Gasteiger partial charge in [0, 0.05) is 18.5 Å². The Bertz CT molecular complexity index is 383. The van der Waals surface area contributed by atoms with E-state index in [2.05, 4.69) is 15.6 Å². The molecular weight excluding hydrogens is 245 g/mol. The third-order valence-corrected chi connectivity index (χ3v) is 2.39. The number of nitrogens with one attached hydrogen (secondary N) is 2. The van der Waals surface area contributed by atoms with Crippen molar-refractivity contribution >= 4 is 11.6 Å². The highest BCUT2D eigenvalue weighted by molar-refractivity contribution is 5.91. The normalized spacial score (nSPS) is 9.53. The highest BCUT2D eigenvalue weighted by atomic mass is 19.1. The summed E-state index contributed by atoms with van der Waals surface area (Å²) in [7, 11) is 1.72. The predicted octanol–water partition coefficient (Wildman–Crippen LogP) is 3.10. The smallest absolute Gasteiger partial charge is 0.224 e. The molecule has 0 aromatic carbocycles. The molecule has 4 nitrogen and oxygen atoms in total. The molecule has 0 saturated heterocycles. The fraction of sp³-hybridized carbons (Fsp3) is 0.571. The van der Waals surface area contributed by atoms with E-state index in [0.29, 0.717) is 24.2 Å². The number of rotatable bonds is 6. The minimum atomic E-state index is -0.410. The molecule has 0 aliphatic heterocycles. The number of amides is 1. The Balaban J connectivity index is 0.00000154. The molecular formula is C14H24FN3O. The van der Waals surface area contributed by atoms with Crippen LogP contribution in [0.5, 0.6) is 0 Å². The van der Waals surface area contributed by atoms with E-state index >= 15 is 0 Å². The highest BCUT2D eigenvalue weighted by Crippen LogP contribution is 2.17. The van der Waals surface area contributed by atoms with Gasteiger partial charge in [0.2, 0.25) is 5.91 Å². The summed E-state index contributed by atoms with van der Waals surface area (Å²) in [5.74, 6) is -0.510. The van der Waals surface area contributed by atoms with Crippen molar-refractivity contribution in [2.45, 2.75) is 46.6 Å². The van der Waals surface area contributed by atoms with E-state index in [0.717, 1.165) is 19.0 Å². The van der Waals surface area contributed by atoms with E-state index < -0.39 is 5.82 Å². The monoisotopic (exact) mass is 269 g/mol. The number of pyridine rings is 1. The summed E-state index contributed by atoms with van der Waals surface area (Å²) in [5, 5.41) is 5.55. The molecule has 0 fully saturated rings. The first kappa shape index (κ1) is 17.5. The van der Waals surface area contributed by atoms with Crippen LogP contribution in [0, 0.1) is 5.82 Å². The van der Waals surface area contributed by atoms with Gasteiger partial charge in [0.25, 0.3) is 0 Å². The molecule has 0 spiro atoms. The molecule has 0 saturated carbocycles. The number of aromatic nitrogens is 1. The maximum Gasteiger partial charge on any atom is 0.224 e. The zero-order valence-electron chi connectivity index (χ0n) is 12.2. The third-order valence-electron chi connectivity index (χ3n) is 2.39. The van der Waals surface area contributed by atoms with Crippen molar-refractivity contribution in [2.24, 2.45) is 0 Å². The van der Waals surface area contributed by atoms with Crippen molar-refractivity contribution in [1.29, 1.82) is 0 Å². The minimum Gasteiger partial charge on any atom is -0.324 e. The van der Waals surface area contributed by atoms with Gasteiger partial charge in [0.15, 0.2) is 0 Å². The van der Waals surface area contributed by atoms with Gasteiger partial charge in [-0.1, -0.05) is 27.2 Å². The van der Waals surface area contributed by atoms with E-state index in [1.807, 2.05) is 20.8 Å². The van der Waals surface area contributed by atoms with Crippen molar-refractivity contribution in [3.05, 3.63) is 23.8 Å². The molecule has 1 heterocycles. The van der Waals surface area contributed by atoms with Gasteiger partial charge in [-0.3, -0.25) is 9.78 Å². The van der Waals surface area contributed by atoms with E-state index in [1.54, 1.807) is 7.05 Å². The van der Waals surface area contributed by atoms with Crippen LogP contribution in [0.2, 0.25) is 0 Å². The van der Waals surface area contributed by atoms with Crippen molar-refractivity contribution in [3.8, 4) is 0 Å². The summed E-state index contributed by atoms with van der Waals surface area (Å²) < 4.78 is 13.5. The Morgan fingerprint density at radius 3 is 2.63 bits per heavy atom. The quantitative estimate of drug-likeness (QED) is 0.834. The van der Waals surface area contributed by atoms with Gasteiger partial charge in [-0.2, -0.15) is 0 Å². The minimum absolute atomic E-state index is 0.100. The zero-order chi connectivity index (χ0) is 14.7. The van der Waals surface area contributed by atoms with Crippen molar-refractivity contribution in [3.63, 3.8) is 0 Å². The van der Waals surface area contributed by atoms with Crippen LogP contribution in [-0.2, 0) is 11.3 Å². The molecule has 0 radical (unpaired) electrons. The Kier molecular flexibility index (Phi) is 9.62. The van der Waals surface area contributed by atoms with E-state index in [-0.39, 0.29) is 5.91 Å². The SMILES string of the molecule is CC.CCCCC(=O)Nc1cncc(F)c1CNC. The van der Waals surface area contributed by atoms with Gasteiger partial charge >= 0.3 is 0 Å². The molecule has 0 aliphatic carbocycles. The molecule has 1 rings (SSSR count). The molecule has 0 bridgehead atoms. The second-order valence-corrected chi connectivity index (χ2v) is 3.83. The van der Waals surface area contributed by atoms with Gasteiger partial charge in [-0.15, -0.1) is 0 Å². The van der Waals surface area contributed by atoms with Crippen molar-refractivity contribution < 1.29 is 9.18 Å². The maximum atomic E-state index is 13.5. The molecule has 0 aliphatic rings. The summed E-state index contributed by atoms with van der Waals surface area (Å²) in [6, 6.07) is 0. The number of halogens is 1. The van der Waals surface area contributed by atoms with Crippen LogP contribution in [0.4, 0.5) is 10.1 Å². The summed E-state index contributed by atoms with van der Waals surface area (Å²) in [5.41, 5.74) is 0.882. The summed E-state index contributed by atoms with van der Waals surface area (Å²) in [6.45, 7) is 6.38. The standard InChI is InChI=1S/C12H18FN3O.C2H6/c1-3-4-5-12(17)16-11-8-15-7-10(13)9(11)6-14-2;1-2/h7-8,14H,3-6H2,1-2H3,(H,16,17);1-2H3. The second kappa shape index (κ2) is 10.4. The molecule has 0 atom stereocenters. The van der Waals surface area contributed by atoms with Crippen LogP contribution in [0.25, 0.3) is 0 Å². The number of anilines is 1. The topological polar surface area (TPSA) is 54.0 Å². The van der Waals surface area contributed by atoms with Crippen molar-refractivity contribution in [1.82, 2.24) is 10.3 Å². The largest absolute Gasteiger partial charge is 0.324 e. The lowest BCUT2D eigenvalue weighted by molar-refractivity contribution is -0.116. The van der Waals surface area contributed by atoms with E-state index in [1.165, 1.54) is 6.20 Å². The number of hydrogen-bond donors (Lipinski definition) is 2. The van der Waals surface area contributed by atoms with E-state index in [4.69, 9.17) is 0 Å². The average Bonchev–Trinajstić information content (AvgIpc) is 2.43. The van der Waals surface area contributed by atoms with Gasteiger partial charge in [-0.25, -0.2) is 4.39 Å². The molecule has 108 valence electrons. The Hall–Kier alpha value is -1.49. The van der Waals surface area contributed by atoms with E-state index in [9.17, 15) is 9.18 Å². The van der Waals surface area contributed by atoms with Gasteiger partial charge in [0.1, 0.15) is 5.82 Å². The summed E-state index contributed by atoms with van der Waals surface area (Å²) in [6.07, 6.45) is 4.86. The average molecular weight is 269 g/mol. The predicted molar refractivity (Wildman–Crippen MR) is 76.5 cm³/mol. The maximum absolute atomic E-state index is 13.5. The van der Waals surface area contributed by atoms with Crippen LogP contribution in [0.1, 0.15) is 45.6 Å². The first-order valence-electron chi connectivity index (χ1n) is 6.75. The molecule has 0 unspecified atom stereocenters. The lowest BCUT2D eigenvalue weighted by atomic mass is 10.2. The Morgan fingerprint density at radius 2 is 2.05 bits per heavy atom. The molecule has 19 heavy (non-hydrogen) atoms. The summed E-state index contributed by atoms with van der Waals surface area (Å²) in [4.78, 5) is 15.3. The number of hydrogen-bond acceptors (Lipinski definition) is 3. The van der Waals surface area contributed by atoms with Crippen LogP contribution in [0.15, 0.2) is 12.4 Å². The third kappa shape index (κ3) is 6.29. The lowest BCUT2D eigenvalue weighted by Crippen LogP contribution is -2.16. The van der Waals surface area contributed by atoms with Gasteiger partial charge in [0.05, 0.1) is 18.1 Å². The number of carbonyl (C=O) groups excluding carboxylic acids is 1. The molecule has 1 aromatic heterocycles. The fourth-order valence-corrected chi connectivity index (χ4v) is 1.48. The zero-order valence-corrected chi connectivity index (χ0v) is 12.2. The number of unbranched alkanes of at least 4 members (excludes halogenated alkanes) is 1. The summed E-state index contributed by atoms with van der Waals surface area (Å²) >= 11 is 0. The van der Waals surface area contributed by atoms with Crippen LogP contribution in [0.3, 0.4) is 0 Å². The number of nitrogens with zero attached hydrogens (tertiary/aromatic N) is 1. The molecule has 5 heteroatoms. The van der Waals surface area contributed by atoms with Crippen LogP contribution >= 0.6 is 0 Å². The Morgan fingerprint density at radius 1 is 1.37 bits per heavy atom. The number of carbonyl (C=O) groups is 1. The van der Waals surface area contributed by atoms with Crippen LogP contribution in [-0.4, -0.2) is 17.9 Å². The van der Waals surface area contributed by atoms with Gasteiger partial charge < -0.3 is 10.6 Å². The molecule has 1 aromatic rings. The van der Waals surface area contributed by atoms with Gasteiger partial charge in [-0.05, 0) is 13.5 Å². The fourth-order valence-electron chi connectivity index (χ4n) is 1.48.